The molecule has 10 unspecified atom stereocenters. The molecule has 0 bridgehead atoms. The average molecular weight is 1330 g/mol. The van der Waals surface area contributed by atoms with Gasteiger partial charge >= 0.3 is 11.9 Å². The number of carboxylic acid groups (broad SMARTS) is 1. The maximum absolute atomic E-state index is 14.4. The number of carboxylic acids is 1. The Bertz CT molecular complexity index is 2560. The van der Waals surface area contributed by atoms with Gasteiger partial charge in [0.1, 0.15) is 42.2 Å². The number of carbonyl (C=O) groups is 11. The van der Waals surface area contributed by atoms with Gasteiger partial charge in [-0.15, -0.1) is 0 Å². The molecule has 532 valence electrons. The lowest BCUT2D eigenvalue weighted by Gasteiger charge is -2.47. The predicted octanol–water partition coefficient (Wildman–Crippen LogP) is 0.831. The van der Waals surface area contributed by atoms with E-state index >= 15 is 0 Å². The molecule has 0 radical (unpaired) electrons. The lowest BCUT2D eigenvalue weighted by atomic mass is 9.84. The summed E-state index contributed by atoms with van der Waals surface area (Å²) in [6.07, 6.45) is -16.2. The van der Waals surface area contributed by atoms with Gasteiger partial charge in [0.2, 0.25) is 23.6 Å². The second kappa shape index (κ2) is 36.7. The quantitative estimate of drug-likeness (QED) is 0.0384. The molecular formula is C65H109N5O23. The molecule has 28 nitrogen and oxygen atoms in total. The molecule has 3 aliphatic heterocycles. The van der Waals surface area contributed by atoms with Crippen molar-refractivity contribution in [2.75, 3.05) is 19.8 Å². The fourth-order valence-corrected chi connectivity index (χ4v) is 11.7. The molecule has 28 heteroatoms. The van der Waals surface area contributed by atoms with Crippen LogP contribution in [-0.4, -0.2) is 222 Å². The van der Waals surface area contributed by atoms with E-state index in [2.05, 4.69) is 16.0 Å². The summed E-state index contributed by atoms with van der Waals surface area (Å²) >= 11 is 0. The number of aliphatic carboxylic acids is 1. The van der Waals surface area contributed by atoms with Crippen LogP contribution in [0.3, 0.4) is 0 Å². The van der Waals surface area contributed by atoms with Crippen molar-refractivity contribution < 1.29 is 112 Å². The molecule has 93 heavy (non-hydrogen) atoms. The number of nitrogens with one attached hydrogen (secondary N) is 3. The van der Waals surface area contributed by atoms with Gasteiger partial charge in [-0.2, -0.15) is 0 Å². The molecule has 0 spiro atoms. The molecule has 0 aliphatic carbocycles. The van der Waals surface area contributed by atoms with Crippen molar-refractivity contribution in [3.63, 3.8) is 0 Å². The van der Waals surface area contributed by atoms with Gasteiger partial charge in [-0.05, 0) is 84.5 Å². The number of aliphatic hydroxyl groups excluding tert-OH is 6. The fraction of sp³-hybridized carbons (Fsp3) is 0.831. The predicted molar refractivity (Wildman–Crippen MR) is 333 cm³/mol. The molecule has 3 aliphatic rings. The number of Topliss-reactive ketones (excluding diaryl/α,β-unsaturated/α-hetero) is 5. The smallest absolute Gasteiger partial charge is 0.306 e. The number of aliphatic hydroxyl groups is 6. The molecule has 0 aromatic rings. The van der Waals surface area contributed by atoms with Gasteiger partial charge in [0.15, 0.2) is 41.5 Å². The van der Waals surface area contributed by atoms with E-state index in [0.717, 1.165) is 0 Å². The highest BCUT2D eigenvalue weighted by molar-refractivity contribution is 5.98. The number of ketones is 5. The minimum Gasteiger partial charge on any atom is -0.481 e. The Labute approximate surface area is 546 Å². The van der Waals surface area contributed by atoms with Gasteiger partial charge in [-0.3, -0.25) is 52.7 Å². The van der Waals surface area contributed by atoms with Crippen molar-refractivity contribution >= 4 is 64.5 Å². The van der Waals surface area contributed by atoms with E-state index in [1.165, 1.54) is 32.6 Å². The Hall–Kier alpha value is -5.27. The minimum absolute atomic E-state index is 0.163. The summed E-state index contributed by atoms with van der Waals surface area (Å²) in [5, 5.41) is 79.9. The fourth-order valence-electron chi connectivity index (χ4n) is 11.7. The van der Waals surface area contributed by atoms with E-state index in [9.17, 15) is 88.5 Å². The van der Waals surface area contributed by atoms with Crippen molar-refractivity contribution in [3.8, 4) is 0 Å². The van der Waals surface area contributed by atoms with Crippen LogP contribution in [0, 0.1) is 59.2 Å². The first-order valence-corrected chi connectivity index (χ1v) is 32.7. The molecular weight excluding hydrogens is 1220 g/mol. The highest BCUT2D eigenvalue weighted by Crippen LogP contribution is 2.35. The van der Waals surface area contributed by atoms with E-state index < -0.39 is 241 Å². The van der Waals surface area contributed by atoms with Crippen molar-refractivity contribution in [2.45, 2.75) is 266 Å². The number of hydrogen-bond donors (Lipinski definition) is 11. The van der Waals surface area contributed by atoms with Gasteiger partial charge in [0.05, 0.1) is 61.5 Å². The second-order valence-corrected chi connectivity index (χ2v) is 28.1. The highest BCUT2D eigenvalue weighted by Gasteiger charge is 2.51. The maximum Gasteiger partial charge on any atom is 0.306 e. The van der Waals surface area contributed by atoms with E-state index in [4.69, 9.17) is 29.4 Å². The van der Waals surface area contributed by atoms with Gasteiger partial charge in [0.25, 0.3) is 0 Å². The van der Waals surface area contributed by atoms with Gasteiger partial charge in [0, 0.05) is 74.7 Å². The first kappa shape index (κ1) is 82.0. The Kier molecular flexibility index (Phi) is 32.4. The van der Waals surface area contributed by atoms with Crippen LogP contribution in [0.15, 0.2) is 0 Å². The minimum atomic E-state index is -1.81. The Morgan fingerprint density at radius 1 is 0.602 bits per heavy atom. The number of ether oxygens (including phenoxy) is 5. The van der Waals surface area contributed by atoms with Crippen LogP contribution >= 0.6 is 0 Å². The van der Waals surface area contributed by atoms with Crippen LogP contribution in [-0.2, 0) is 76.4 Å². The third-order valence-electron chi connectivity index (χ3n) is 18.0. The zero-order valence-corrected chi connectivity index (χ0v) is 57.1. The van der Waals surface area contributed by atoms with Crippen molar-refractivity contribution in [1.29, 1.82) is 0 Å². The molecule has 12 N–H and O–H groups in total. The zero-order valence-electron chi connectivity index (χ0n) is 57.1. The van der Waals surface area contributed by atoms with Gasteiger partial charge in [-0.25, -0.2) is 0 Å². The number of esters is 1. The highest BCUT2D eigenvalue weighted by atomic mass is 16.7. The van der Waals surface area contributed by atoms with Crippen LogP contribution < -0.4 is 21.7 Å². The second-order valence-electron chi connectivity index (χ2n) is 28.1. The summed E-state index contributed by atoms with van der Waals surface area (Å²) < 4.78 is 28.5. The SMILES string of the molecule is CC(CC(=O)[C@@H]1CCCN1C(=O)C(CC(=O)[C@@H](N)C(C)O[C@H]1OC(CO)[C@H](O)[C@H](O[C@@H]2OC(CO)[C@H](O)[C@H](O)C2O)C1C)C(C)C)C(=O)N[C@@H](C)C(=O)CC(C(=O)N[C@H](C(=O)CC(C(=O)N[C@@H](C)C(=O)CC(CCC(=O)OC(C)(C)C)C(=O)O)C(C)C)C(C)C)C(C)C. The summed E-state index contributed by atoms with van der Waals surface area (Å²) in [5.74, 6) is -14.5. The van der Waals surface area contributed by atoms with Crippen molar-refractivity contribution in [1.82, 2.24) is 20.9 Å². The topological polar surface area (TPSA) is 441 Å². The standard InChI is InChI=1S/C65H109N5O23/c1-29(2)39(60(85)69-52(32(7)8)47(77)25-40(30(3)4)59(84)68-35(11)43(73)23-38(62(87)88)19-20-50(78)93-65(14,15)16)24-44(74)36(12)67-58(83)33(9)22-45(75)42-18-17-21-70(42)61(86)41(31(5)6)26-46(76)51(66)37(13)89-63-34(10)57(54(80)49(28-72)90-63)92-64-56(82)55(81)53(79)48(27-71)91-64/h29-42,48-49,51-57,63-64,71-72,79-82H,17-28,66H2,1-16H3,(H,67,83)(H,68,84)(H,69,85)(H,87,88)/t33?,34?,35-,36-,37?,38?,39?,40?,41?,42-,48?,49?,51-,52-,53-,54-,55-,56?,57+,63-,64-/m0/s1. The van der Waals surface area contributed by atoms with Crippen LogP contribution in [0.1, 0.15) is 169 Å². The van der Waals surface area contributed by atoms with Gasteiger partial charge in [-0.1, -0.05) is 69.2 Å². The molecule has 21 atom stereocenters. The van der Waals surface area contributed by atoms with Crippen LogP contribution in [0.25, 0.3) is 0 Å². The molecule has 0 aromatic carbocycles. The molecule has 0 saturated carbocycles. The van der Waals surface area contributed by atoms with E-state index in [1.807, 2.05) is 0 Å². The summed E-state index contributed by atoms with van der Waals surface area (Å²) in [6.45, 7) is 24.9. The number of nitrogens with zero attached hydrogens (tertiary/aromatic N) is 1. The molecule has 4 amide bonds. The molecule has 3 fully saturated rings. The molecule has 3 saturated heterocycles. The van der Waals surface area contributed by atoms with E-state index in [-0.39, 0.29) is 51.5 Å². The number of carbonyl (C=O) groups excluding carboxylic acids is 10. The lowest BCUT2D eigenvalue weighted by Crippen LogP contribution is -2.63. The third-order valence-corrected chi connectivity index (χ3v) is 18.0. The zero-order chi connectivity index (χ0) is 71.0. The van der Waals surface area contributed by atoms with Crippen LogP contribution in [0.2, 0.25) is 0 Å². The summed E-state index contributed by atoms with van der Waals surface area (Å²) in [4.78, 5) is 150. The maximum atomic E-state index is 14.4. The summed E-state index contributed by atoms with van der Waals surface area (Å²) in [6, 6.07) is -5.62. The molecule has 3 rings (SSSR count). The lowest BCUT2D eigenvalue weighted by molar-refractivity contribution is -0.354. The Morgan fingerprint density at radius 3 is 1.61 bits per heavy atom. The summed E-state index contributed by atoms with van der Waals surface area (Å²) in [7, 11) is 0. The van der Waals surface area contributed by atoms with Gasteiger partial charge < -0.3 is 86.0 Å². The number of nitrogens with two attached hydrogens (primary N) is 1. The number of hydrogen-bond acceptors (Lipinski definition) is 23. The summed E-state index contributed by atoms with van der Waals surface area (Å²) in [5.41, 5.74) is 5.68. The van der Waals surface area contributed by atoms with Crippen molar-refractivity contribution in [3.05, 3.63) is 0 Å². The molecule has 0 aromatic heterocycles. The average Bonchev–Trinajstić information content (AvgIpc) is 0.959. The van der Waals surface area contributed by atoms with E-state index in [0.29, 0.717) is 6.42 Å². The molecule has 3 heterocycles. The first-order chi connectivity index (χ1) is 43.1. The van der Waals surface area contributed by atoms with Crippen LogP contribution in [0.4, 0.5) is 0 Å². The normalized spacial score (nSPS) is 26.8. The van der Waals surface area contributed by atoms with Crippen LogP contribution in [0.5, 0.6) is 0 Å². The Balaban J connectivity index is 1.61. The first-order valence-electron chi connectivity index (χ1n) is 32.7. The Morgan fingerprint density at radius 2 is 1.10 bits per heavy atom. The number of rotatable bonds is 37. The number of likely N-dealkylation sites (tertiary alicyclic amines) is 1. The van der Waals surface area contributed by atoms with Crippen molar-refractivity contribution in [2.24, 2.45) is 64.9 Å². The monoisotopic (exact) mass is 1330 g/mol. The van der Waals surface area contributed by atoms with E-state index in [1.54, 1.807) is 83.1 Å². The largest absolute Gasteiger partial charge is 0.481 e. The third kappa shape index (κ3) is 23.5. The number of amides is 4.